The van der Waals surface area contributed by atoms with Gasteiger partial charge in [-0.2, -0.15) is 0 Å². The van der Waals surface area contributed by atoms with Crippen molar-refractivity contribution in [1.82, 2.24) is 5.32 Å². The number of carbonyl (C=O) groups is 1. The van der Waals surface area contributed by atoms with E-state index in [1.54, 1.807) is 0 Å². The Morgan fingerprint density at radius 3 is 2.61 bits per heavy atom. The molecule has 1 aromatic rings. The maximum Gasteiger partial charge on any atom is 0.320 e. The molecule has 0 aliphatic heterocycles. The molecule has 4 nitrogen and oxygen atoms in total. The molecule has 100 valence electrons. The largest absolute Gasteiger partial charge is 0.492 e. The van der Waals surface area contributed by atoms with E-state index in [0.717, 1.165) is 12.2 Å². The number of carboxylic acid groups (broad SMARTS) is 1. The van der Waals surface area contributed by atoms with Gasteiger partial charge in [0.1, 0.15) is 18.4 Å². The Balaban J connectivity index is 2.25. The van der Waals surface area contributed by atoms with Crippen LogP contribution in [0.2, 0.25) is 0 Å². The summed E-state index contributed by atoms with van der Waals surface area (Å²) >= 11 is 0. The third-order valence-electron chi connectivity index (χ3n) is 2.66. The second-order valence-corrected chi connectivity index (χ2v) is 4.30. The van der Waals surface area contributed by atoms with Crippen molar-refractivity contribution in [3.05, 3.63) is 29.8 Å². The van der Waals surface area contributed by atoms with Gasteiger partial charge in [0.05, 0.1) is 0 Å². The summed E-state index contributed by atoms with van der Waals surface area (Å²) in [6.07, 6.45) is 1.49. The second kappa shape index (κ2) is 7.71. The Morgan fingerprint density at radius 2 is 2.06 bits per heavy atom. The van der Waals surface area contributed by atoms with E-state index in [1.165, 1.54) is 5.56 Å². The van der Waals surface area contributed by atoms with Crippen molar-refractivity contribution >= 4 is 5.97 Å². The van der Waals surface area contributed by atoms with Crippen molar-refractivity contribution in [2.24, 2.45) is 0 Å². The minimum Gasteiger partial charge on any atom is -0.492 e. The number of ether oxygens (including phenoxy) is 1. The lowest BCUT2D eigenvalue weighted by atomic mass is 10.2. The van der Waals surface area contributed by atoms with Crippen LogP contribution < -0.4 is 10.1 Å². The Bertz CT molecular complexity index is 362. The predicted octanol–water partition coefficient (Wildman–Crippen LogP) is 2.22. The number of benzene rings is 1. The van der Waals surface area contributed by atoms with Gasteiger partial charge in [-0.1, -0.05) is 31.0 Å². The molecule has 0 radical (unpaired) electrons. The molecule has 0 aromatic heterocycles. The molecule has 0 aliphatic rings. The van der Waals surface area contributed by atoms with Crippen LogP contribution in [0, 0.1) is 6.92 Å². The van der Waals surface area contributed by atoms with Gasteiger partial charge in [-0.15, -0.1) is 0 Å². The zero-order valence-corrected chi connectivity index (χ0v) is 11.0. The molecule has 1 aromatic carbocycles. The van der Waals surface area contributed by atoms with Crippen LogP contribution in [-0.2, 0) is 4.79 Å². The topological polar surface area (TPSA) is 58.6 Å². The van der Waals surface area contributed by atoms with Crippen LogP contribution in [-0.4, -0.2) is 30.3 Å². The first-order valence-electron chi connectivity index (χ1n) is 6.29. The number of hydrogen-bond donors (Lipinski definition) is 2. The molecule has 18 heavy (non-hydrogen) atoms. The van der Waals surface area contributed by atoms with Gasteiger partial charge >= 0.3 is 5.97 Å². The number of carboxylic acids is 1. The van der Waals surface area contributed by atoms with Crippen LogP contribution in [0.15, 0.2) is 24.3 Å². The summed E-state index contributed by atoms with van der Waals surface area (Å²) in [5.41, 5.74) is 1.19. The lowest BCUT2D eigenvalue weighted by molar-refractivity contribution is -0.139. The highest BCUT2D eigenvalue weighted by Gasteiger charge is 2.14. The molecule has 0 spiro atoms. The zero-order valence-electron chi connectivity index (χ0n) is 11.0. The Morgan fingerprint density at radius 1 is 1.39 bits per heavy atom. The van der Waals surface area contributed by atoms with E-state index in [2.05, 4.69) is 5.32 Å². The second-order valence-electron chi connectivity index (χ2n) is 4.30. The molecule has 4 heteroatoms. The van der Waals surface area contributed by atoms with E-state index in [9.17, 15) is 4.79 Å². The van der Waals surface area contributed by atoms with Crippen LogP contribution >= 0.6 is 0 Å². The van der Waals surface area contributed by atoms with E-state index in [4.69, 9.17) is 9.84 Å². The average Bonchev–Trinajstić information content (AvgIpc) is 2.35. The summed E-state index contributed by atoms with van der Waals surface area (Å²) in [7, 11) is 0. The molecule has 0 aliphatic carbocycles. The number of aryl methyl sites for hydroxylation is 1. The number of aliphatic carboxylic acids is 1. The van der Waals surface area contributed by atoms with Crippen molar-refractivity contribution in [2.45, 2.75) is 32.7 Å². The minimum absolute atomic E-state index is 0.469. The molecular formula is C14H21NO3. The van der Waals surface area contributed by atoms with Gasteiger partial charge in [0.15, 0.2) is 0 Å². The SMILES string of the molecule is CCCC(NCCOc1ccc(C)cc1)C(=O)O. The Hall–Kier alpha value is -1.55. The third kappa shape index (κ3) is 5.19. The highest BCUT2D eigenvalue weighted by molar-refractivity contribution is 5.73. The standard InChI is InChI=1S/C14H21NO3/c1-3-4-13(14(16)17)15-9-10-18-12-7-5-11(2)6-8-12/h5-8,13,15H,3-4,9-10H2,1-2H3,(H,16,17). The monoisotopic (exact) mass is 251 g/mol. The Labute approximate surface area is 108 Å². The van der Waals surface area contributed by atoms with Crippen molar-refractivity contribution in [3.63, 3.8) is 0 Å². The van der Waals surface area contributed by atoms with E-state index in [1.807, 2.05) is 38.1 Å². The summed E-state index contributed by atoms with van der Waals surface area (Å²) in [4.78, 5) is 10.9. The van der Waals surface area contributed by atoms with E-state index in [-0.39, 0.29) is 0 Å². The predicted molar refractivity (Wildman–Crippen MR) is 71.0 cm³/mol. The highest BCUT2D eigenvalue weighted by Crippen LogP contribution is 2.10. The zero-order chi connectivity index (χ0) is 13.4. The molecule has 1 unspecified atom stereocenters. The summed E-state index contributed by atoms with van der Waals surface area (Å²) in [5.74, 6) is 0.0111. The average molecular weight is 251 g/mol. The smallest absolute Gasteiger partial charge is 0.320 e. The van der Waals surface area contributed by atoms with Gasteiger partial charge < -0.3 is 15.2 Å². The first kappa shape index (κ1) is 14.5. The maximum atomic E-state index is 10.9. The number of rotatable bonds is 8. The fourth-order valence-electron chi connectivity index (χ4n) is 1.64. The summed E-state index contributed by atoms with van der Waals surface area (Å²) in [6.45, 7) is 5.00. The van der Waals surface area contributed by atoms with Crippen molar-refractivity contribution in [1.29, 1.82) is 0 Å². The van der Waals surface area contributed by atoms with E-state index >= 15 is 0 Å². The van der Waals surface area contributed by atoms with Crippen LogP contribution in [0.1, 0.15) is 25.3 Å². The quantitative estimate of drug-likeness (QED) is 0.695. The molecule has 1 rings (SSSR count). The van der Waals surface area contributed by atoms with Crippen LogP contribution in [0.25, 0.3) is 0 Å². The first-order valence-corrected chi connectivity index (χ1v) is 6.29. The fraction of sp³-hybridized carbons (Fsp3) is 0.500. The van der Waals surface area contributed by atoms with Gasteiger partial charge in [-0.25, -0.2) is 0 Å². The summed E-state index contributed by atoms with van der Waals surface area (Å²) in [5, 5.41) is 11.9. The number of hydrogen-bond acceptors (Lipinski definition) is 3. The molecule has 0 heterocycles. The third-order valence-corrected chi connectivity index (χ3v) is 2.66. The highest BCUT2D eigenvalue weighted by atomic mass is 16.5. The molecular weight excluding hydrogens is 230 g/mol. The van der Waals surface area contributed by atoms with Gasteiger partial charge in [-0.3, -0.25) is 4.79 Å². The van der Waals surface area contributed by atoms with E-state index in [0.29, 0.717) is 19.6 Å². The molecule has 1 atom stereocenters. The molecule has 0 fully saturated rings. The Kier molecular flexibility index (Phi) is 6.22. The van der Waals surface area contributed by atoms with Crippen molar-refractivity contribution in [2.75, 3.05) is 13.2 Å². The first-order chi connectivity index (χ1) is 8.63. The molecule has 2 N–H and O–H groups in total. The summed E-state index contributed by atoms with van der Waals surface area (Å²) in [6, 6.07) is 7.32. The maximum absolute atomic E-state index is 10.9. The molecule has 0 saturated heterocycles. The molecule has 0 saturated carbocycles. The lowest BCUT2D eigenvalue weighted by Gasteiger charge is -2.13. The van der Waals surface area contributed by atoms with Crippen molar-refractivity contribution in [3.8, 4) is 5.75 Å². The van der Waals surface area contributed by atoms with Crippen LogP contribution in [0.5, 0.6) is 5.75 Å². The molecule has 0 amide bonds. The van der Waals surface area contributed by atoms with Gasteiger partial charge in [0.2, 0.25) is 0 Å². The van der Waals surface area contributed by atoms with Crippen LogP contribution in [0.4, 0.5) is 0 Å². The summed E-state index contributed by atoms with van der Waals surface area (Å²) < 4.78 is 5.51. The van der Waals surface area contributed by atoms with Gasteiger partial charge in [0.25, 0.3) is 0 Å². The minimum atomic E-state index is -0.799. The van der Waals surface area contributed by atoms with Gasteiger partial charge in [-0.05, 0) is 25.5 Å². The molecule has 0 bridgehead atoms. The number of nitrogens with one attached hydrogen (secondary N) is 1. The fourth-order valence-corrected chi connectivity index (χ4v) is 1.64. The normalized spacial score (nSPS) is 12.1. The van der Waals surface area contributed by atoms with Gasteiger partial charge in [0, 0.05) is 6.54 Å². The van der Waals surface area contributed by atoms with Crippen molar-refractivity contribution < 1.29 is 14.6 Å². The van der Waals surface area contributed by atoms with Crippen LogP contribution in [0.3, 0.4) is 0 Å². The van der Waals surface area contributed by atoms with E-state index < -0.39 is 12.0 Å². The lowest BCUT2D eigenvalue weighted by Crippen LogP contribution is -2.38.